The summed E-state index contributed by atoms with van der Waals surface area (Å²) in [7, 11) is 0. The first kappa shape index (κ1) is 7.71. The van der Waals surface area contributed by atoms with Crippen LogP contribution in [0, 0.1) is 17.2 Å². The Morgan fingerprint density at radius 3 is 2.69 bits per heavy atom. The zero-order valence-electron chi connectivity index (χ0n) is 6.71. The summed E-state index contributed by atoms with van der Waals surface area (Å²) in [6, 6.07) is 1.98. The molecule has 13 heavy (non-hydrogen) atoms. The number of fused-ring (bicyclic) bond motifs is 2. The molecule has 0 aromatic rings. The minimum atomic E-state index is -1.51. The van der Waals surface area contributed by atoms with Gasteiger partial charge in [-0.05, 0) is 6.42 Å². The zero-order valence-corrected chi connectivity index (χ0v) is 6.71. The van der Waals surface area contributed by atoms with Crippen molar-refractivity contribution in [2.45, 2.75) is 35.9 Å². The monoisotopic (exact) mass is 183 g/mol. The molecule has 2 saturated carbocycles. The molecule has 3 fully saturated rings. The largest absolute Gasteiger partial charge is 0.389 e. The third-order valence-corrected chi connectivity index (χ3v) is 3.45. The number of rotatable bonds is 0. The predicted molar refractivity (Wildman–Crippen MR) is 38.3 cm³/mol. The van der Waals surface area contributed by atoms with Gasteiger partial charge in [-0.25, -0.2) is 0 Å². The smallest absolute Gasteiger partial charge is 0.160 e. The highest BCUT2D eigenvalue weighted by Crippen LogP contribution is 2.63. The number of ether oxygens (including phenoxy) is 1. The van der Waals surface area contributed by atoms with E-state index in [0.717, 1.165) is 0 Å². The van der Waals surface area contributed by atoms with E-state index in [-0.39, 0.29) is 5.92 Å². The van der Waals surface area contributed by atoms with Crippen molar-refractivity contribution in [3.63, 3.8) is 0 Å². The lowest BCUT2D eigenvalue weighted by molar-refractivity contribution is -0.115. The van der Waals surface area contributed by atoms with Crippen molar-refractivity contribution >= 4 is 0 Å². The molecule has 0 spiro atoms. The van der Waals surface area contributed by atoms with Gasteiger partial charge in [-0.15, -0.1) is 0 Å². The second kappa shape index (κ2) is 1.74. The molecule has 0 aromatic carbocycles. The Balaban J connectivity index is 1.95. The van der Waals surface area contributed by atoms with Gasteiger partial charge in [0, 0.05) is 5.92 Å². The average Bonchev–Trinajstić information content (AvgIpc) is 2.97. The third-order valence-electron chi connectivity index (χ3n) is 3.45. The average molecular weight is 183 g/mol. The van der Waals surface area contributed by atoms with Crippen LogP contribution in [0.1, 0.15) is 6.42 Å². The van der Waals surface area contributed by atoms with Gasteiger partial charge in [0.05, 0.1) is 12.2 Å². The maximum absolute atomic E-state index is 9.66. The fourth-order valence-corrected chi connectivity index (χ4v) is 2.32. The summed E-state index contributed by atoms with van der Waals surface area (Å²) < 4.78 is 5.24. The van der Waals surface area contributed by atoms with Crippen LogP contribution in [0.15, 0.2) is 0 Å². The van der Waals surface area contributed by atoms with Crippen LogP contribution in [0.4, 0.5) is 0 Å². The lowest BCUT2D eigenvalue weighted by atomic mass is 10.0. The van der Waals surface area contributed by atoms with E-state index in [2.05, 4.69) is 0 Å². The van der Waals surface area contributed by atoms with Crippen molar-refractivity contribution in [1.82, 2.24) is 0 Å². The second-order valence-electron chi connectivity index (χ2n) is 4.13. The minimum absolute atomic E-state index is 0.337. The van der Waals surface area contributed by atoms with Gasteiger partial charge in [0.15, 0.2) is 5.60 Å². The van der Waals surface area contributed by atoms with E-state index in [1.807, 2.05) is 6.07 Å². The molecule has 0 aromatic heterocycles. The number of hydrogen-bond donors (Lipinski definition) is 3. The Labute approximate surface area is 74.2 Å². The maximum Gasteiger partial charge on any atom is 0.160 e. The third kappa shape index (κ3) is 0.606. The quantitative estimate of drug-likeness (QED) is 0.409. The van der Waals surface area contributed by atoms with Crippen molar-refractivity contribution in [2.75, 3.05) is 0 Å². The maximum atomic E-state index is 9.66. The molecule has 0 radical (unpaired) electrons. The van der Waals surface area contributed by atoms with E-state index in [1.165, 1.54) is 0 Å². The van der Waals surface area contributed by atoms with E-state index < -0.39 is 29.5 Å². The highest BCUT2D eigenvalue weighted by atomic mass is 16.6. The molecule has 6 unspecified atom stereocenters. The summed E-state index contributed by atoms with van der Waals surface area (Å²) in [6.45, 7) is 0. The van der Waals surface area contributed by atoms with Gasteiger partial charge in [0.25, 0.3) is 0 Å². The Morgan fingerprint density at radius 2 is 2.08 bits per heavy atom. The minimum Gasteiger partial charge on any atom is -0.389 e. The molecule has 5 nitrogen and oxygen atoms in total. The van der Waals surface area contributed by atoms with Gasteiger partial charge in [-0.2, -0.15) is 5.26 Å². The van der Waals surface area contributed by atoms with Gasteiger partial charge in [-0.1, -0.05) is 0 Å². The van der Waals surface area contributed by atoms with Crippen LogP contribution in [-0.2, 0) is 4.74 Å². The number of aliphatic hydroxyl groups excluding tert-OH is 2. The van der Waals surface area contributed by atoms with Gasteiger partial charge < -0.3 is 20.1 Å². The Hall–Kier alpha value is -0.670. The number of aliphatic hydroxyl groups is 3. The number of nitrogens with zero attached hydrogens (tertiary/aromatic N) is 1. The van der Waals surface area contributed by atoms with E-state index in [4.69, 9.17) is 10.00 Å². The van der Waals surface area contributed by atoms with Crippen molar-refractivity contribution in [1.29, 1.82) is 5.26 Å². The van der Waals surface area contributed by atoms with Gasteiger partial charge in [0.2, 0.25) is 0 Å². The highest BCUT2D eigenvalue weighted by Gasteiger charge is 2.82. The predicted octanol–water partition coefficient (Wildman–Crippen LogP) is -1.87. The van der Waals surface area contributed by atoms with Crippen LogP contribution in [0.5, 0.6) is 0 Å². The Morgan fingerprint density at radius 1 is 1.38 bits per heavy atom. The van der Waals surface area contributed by atoms with Gasteiger partial charge >= 0.3 is 0 Å². The number of hydrogen-bond acceptors (Lipinski definition) is 5. The SMILES string of the molecule is N#CC12CC1C(O)C1(O)C(O)C1O2. The molecule has 2 aliphatic carbocycles. The van der Waals surface area contributed by atoms with Gasteiger partial charge in [-0.3, -0.25) is 0 Å². The molecule has 3 N–H and O–H groups in total. The van der Waals surface area contributed by atoms with E-state index in [9.17, 15) is 15.3 Å². The molecule has 5 heteroatoms. The number of nitriles is 1. The molecule has 1 heterocycles. The van der Waals surface area contributed by atoms with Crippen molar-refractivity contribution in [3.05, 3.63) is 0 Å². The second-order valence-corrected chi connectivity index (χ2v) is 4.13. The summed E-state index contributed by atoms with van der Waals surface area (Å²) in [5.74, 6) is -0.337. The van der Waals surface area contributed by atoms with Crippen LogP contribution >= 0.6 is 0 Å². The summed E-state index contributed by atoms with van der Waals surface area (Å²) in [4.78, 5) is 0. The molecular weight excluding hydrogens is 174 g/mol. The Bertz CT molecular complexity index is 327. The molecule has 3 rings (SSSR count). The van der Waals surface area contributed by atoms with Crippen LogP contribution in [0.3, 0.4) is 0 Å². The first-order valence-corrected chi connectivity index (χ1v) is 4.24. The summed E-state index contributed by atoms with van der Waals surface area (Å²) in [5, 5.41) is 37.3. The molecule has 3 aliphatic rings. The molecule has 1 aliphatic heterocycles. The molecule has 1 saturated heterocycles. The first-order valence-electron chi connectivity index (χ1n) is 4.24. The van der Waals surface area contributed by atoms with E-state index >= 15 is 0 Å². The summed E-state index contributed by atoms with van der Waals surface area (Å²) >= 11 is 0. The summed E-state index contributed by atoms with van der Waals surface area (Å²) in [6.07, 6.45) is -2.39. The van der Waals surface area contributed by atoms with Crippen molar-refractivity contribution in [3.8, 4) is 6.07 Å². The highest BCUT2D eigenvalue weighted by molar-refractivity contribution is 5.35. The van der Waals surface area contributed by atoms with Crippen LogP contribution < -0.4 is 0 Å². The standard InChI is InChI=1S/C8H9NO4/c9-2-7-1-3(7)4(10)8(12)5(11)6(8)13-7/h3-6,10-12H,1H2. The lowest BCUT2D eigenvalue weighted by Crippen LogP contribution is -2.43. The topological polar surface area (TPSA) is 93.7 Å². The zero-order chi connectivity index (χ0) is 9.43. The molecule has 6 atom stereocenters. The summed E-state index contributed by atoms with van der Waals surface area (Å²) in [5.41, 5.74) is -2.45. The van der Waals surface area contributed by atoms with E-state index in [0.29, 0.717) is 6.42 Å². The molecular formula is C8H9NO4. The lowest BCUT2D eigenvalue weighted by Gasteiger charge is -2.24. The van der Waals surface area contributed by atoms with Crippen LogP contribution in [0.2, 0.25) is 0 Å². The fraction of sp³-hybridized carbons (Fsp3) is 0.875. The van der Waals surface area contributed by atoms with Crippen LogP contribution in [-0.4, -0.2) is 44.8 Å². The fourth-order valence-electron chi connectivity index (χ4n) is 2.32. The van der Waals surface area contributed by atoms with Gasteiger partial charge in [0.1, 0.15) is 17.8 Å². The molecule has 70 valence electrons. The van der Waals surface area contributed by atoms with E-state index in [1.54, 1.807) is 0 Å². The first-order chi connectivity index (χ1) is 6.06. The Kier molecular flexibility index (Phi) is 1.03. The normalized spacial score (nSPS) is 67.5. The van der Waals surface area contributed by atoms with Crippen LogP contribution in [0.25, 0.3) is 0 Å². The molecule has 0 bridgehead atoms. The molecule has 0 amide bonds. The van der Waals surface area contributed by atoms with Crippen molar-refractivity contribution in [2.24, 2.45) is 5.92 Å². The van der Waals surface area contributed by atoms with Crippen molar-refractivity contribution < 1.29 is 20.1 Å².